The van der Waals surface area contributed by atoms with Crippen molar-refractivity contribution in [3.8, 4) is 0 Å². The number of nitrogens with one attached hydrogen (secondary N) is 1. The molecule has 0 saturated carbocycles. The first kappa shape index (κ1) is 20.0. The molecule has 25 heavy (non-hydrogen) atoms. The van der Waals surface area contributed by atoms with Crippen molar-refractivity contribution in [3.63, 3.8) is 0 Å². The molecule has 0 atom stereocenters. The molecule has 0 unspecified atom stereocenters. The highest BCUT2D eigenvalue weighted by Gasteiger charge is 2.07. The van der Waals surface area contributed by atoms with E-state index >= 15 is 0 Å². The molecule has 132 valence electrons. The van der Waals surface area contributed by atoms with Crippen molar-refractivity contribution in [1.29, 1.82) is 0 Å². The van der Waals surface area contributed by atoms with Gasteiger partial charge in [0.1, 0.15) is 0 Å². The second-order valence-electron chi connectivity index (χ2n) is 5.18. The van der Waals surface area contributed by atoms with Crippen molar-refractivity contribution >= 4 is 28.8 Å². The van der Waals surface area contributed by atoms with Gasteiger partial charge in [0.25, 0.3) is 0 Å². The fourth-order valence-electron chi connectivity index (χ4n) is 1.80. The van der Waals surface area contributed by atoms with Crippen LogP contribution in [0.5, 0.6) is 0 Å². The van der Waals surface area contributed by atoms with E-state index in [9.17, 15) is 19.6 Å². The second-order valence-corrected chi connectivity index (χ2v) is 5.18. The average Bonchev–Trinajstić information content (AvgIpc) is 2.61. The number of rotatable bonds is 4. The van der Waals surface area contributed by atoms with Crippen LogP contribution in [0.15, 0.2) is 48.5 Å². The third kappa shape index (κ3) is 6.17. The molecule has 3 N–H and O–H groups in total. The van der Waals surface area contributed by atoms with Crippen molar-refractivity contribution in [2.45, 2.75) is 20.8 Å². The monoisotopic (exact) mass is 344 g/mol. The van der Waals surface area contributed by atoms with Gasteiger partial charge >= 0.3 is 0 Å². The third-order valence-corrected chi connectivity index (χ3v) is 3.24. The Bertz CT molecular complexity index is 739. The van der Waals surface area contributed by atoms with Crippen molar-refractivity contribution in [2.75, 3.05) is 10.5 Å². The standard InChI is InChI=1S/C10H11NO3.C8H9NO2/c1-7(12)9-3-5-10(6-4-9)11(14)8(2)13;1-6(10)7-2-4-8(9-11)5-3-7/h3-6,14H,1-2H3;2-5,9,11H,1H3. The molecule has 2 aromatic carbocycles. The van der Waals surface area contributed by atoms with Gasteiger partial charge in [-0.25, -0.2) is 0 Å². The second kappa shape index (κ2) is 9.31. The van der Waals surface area contributed by atoms with Crippen LogP contribution in [-0.2, 0) is 4.79 Å². The fourth-order valence-corrected chi connectivity index (χ4v) is 1.80. The predicted octanol–water partition coefficient (Wildman–Crippen LogP) is 3.32. The Balaban J connectivity index is 0.000000257. The molecule has 0 saturated heterocycles. The summed E-state index contributed by atoms with van der Waals surface area (Å²) < 4.78 is 0. The zero-order valence-electron chi connectivity index (χ0n) is 14.2. The van der Waals surface area contributed by atoms with Crippen LogP contribution in [0.1, 0.15) is 41.5 Å². The van der Waals surface area contributed by atoms with E-state index in [0.717, 1.165) is 0 Å². The lowest BCUT2D eigenvalue weighted by atomic mass is 10.1. The van der Waals surface area contributed by atoms with Crippen LogP contribution >= 0.6 is 0 Å². The first-order valence-electron chi connectivity index (χ1n) is 7.38. The van der Waals surface area contributed by atoms with Crippen LogP contribution in [0.25, 0.3) is 0 Å². The summed E-state index contributed by atoms with van der Waals surface area (Å²) in [4.78, 5) is 32.5. The summed E-state index contributed by atoms with van der Waals surface area (Å²) in [7, 11) is 0. The summed E-state index contributed by atoms with van der Waals surface area (Å²) in [5.74, 6) is -0.501. The van der Waals surface area contributed by atoms with Gasteiger partial charge in [-0.2, -0.15) is 5.06 Å². The Morgan fingerprint density at radius 2 is 1.20 bits per heavy atom. The van der Waals surface area contributed by atoms with Gasteiger partial charge in [0.2, 0.25) is 5.91 Å². The molecule has 2 aromatic rings. The number of hydrogen-bond donors (Lipinski definition) is 3. The summed E-state index contributed by atoms with van der Waals surface area (Å²) in [6.45, 7) is 4.21. The van der Waals surface area contributed by atoms with Crippen molar-refractivity contribution in [1.82, 2.24) is 0 Å². The SMILES string of the molecule is CC(=O)c1ccc(N(O)C(C)=O)cc1.CC(=O)c1ccc(NO)cc1. The maximum absolute atomic E-state index is 10.9. The lowest BCUT2D eigenvalue weighted by Gasteiger charge is -2.12. The minimum atomic E-state index is -0.472. The van der Waals surface area contributed by atoms with E-state index in [1.54, 1.807) is 36.4 Å². The minimum Gasteiger partial charge on any atom is -0.295 e. The van der Waals surface area contributed by atoms with Crippen LogP contribution in [0.4, 0.5) is 11.4 Å². The first-order valence-corrected chi connectivity index (χ1v) is 7.38. The average molecular weight is 344 g/mol. The van der Waals surface area contributed by atoms with Crippen molar-refractivity contribution in [3.05, 3.63) is 59.7 Å². The Labute approximate surface area is 145 Å². The normalized spacial score (nSPS) is 9.48. The van der Waals surface area contributed by atoms with Crippen LogP contribution in [0, 0.1) is 0 Å². The summed E-state index contributed by atoms with van der Waals surface area (Å²) in [5, 5.41) is 18.2. The fraction of sp³-hybridized carbons (Fsp3) is 0.167. The molecule has 0 heterocycles. The van der Waals surface area contributed by atoms with Gasteiger partial charge in [0.05, 0.1) is 11.4 Å². The van der Waals surface area contributed by atoms with Crippen LogP contribution in [-0.4, -0.2) is 27.9 Å². The molecule has 7 nitrogen and oxygen atoms in total. The highest BCUT2D eigenvalue weighted by molar-refractivity contribution is 5.95. The number of carbonyl (C=O) groups is 3. The third-order valence-electron chi connectivity index (χ3n) is 3.24. The number of ketones is 2. The maximum atomic E-state index is 10.9. The highest BCUT2D eigenvalue weighted by Crippen LogP contribution is 2.13. The van der Waals surface area contributed by atoms with E-state index in [-0.39, 0.29) is 11.6 Å². The summed E-state index contributed by atoms with van der Waals surface area (Å²) in [6, 6.07) is 12.7. The molecular formula is C18H20N2O5. The Morgan fingerprint density at radius 1 is 0.800 bits per heavy atom. The van der Waals surface area contributed by atoms with E-state index < -0.39 is 5.91 Å². The molecule has 0 spiro atoms. The summed E-state index contributed by atoms with van der Waals surface area (Å²) in [5.41, 5.74) is 4.10. The molecule has 0 radical (unpaired) electrons. The largest absolute Gasteiger partial charge is 0.295 e. The quantitative estimate of drug-likeness (QED) is 0.446. The van der Waals surface area contributed by atoms with Gasteiger partial charge in [0, 0.05) is 18.1 Å². The van der Waals surface area contributed by atoms with Gasteiger partial charge in [-0.1, -0.05) is 0 Å². The molecular weight excluding hydrogens is 324 g/mol. The maximum Gasteiger partial charge on any atom is 0.247 e. The number of nitrogens with zero attached hydrogens (tertiary/aromatic N) is 1. The van der Waals surface area contributed by atoms with Crippen molar-refractivity contribution < 1.29 is 24.8 Å². The van der Waals surface area contributed by atoms with Crippen LogP contribution in [0.3, 0.4) is 0 Å². The molecule has 7 heteroatoms. The van der Waals surface area contributed by atoms with E-state index in [4.69, 9.17) is 5.21 Å². The lowest BCUT2D eigenvalue weighted by Crippen LogP contribution is -2.23. The highest BCUT2D eigenvalue weighted by atomic mass is 16.5. The van der Waals surface area contributed by atoms with E-state index in [1.807, 2.05) is 5.48 Å². The van der Waals surface area contributed by atoms with Crippen LogP contribution < -0.4 is 10.5 Å². The van der Waals surface area contributed by atoms with Crippen LogP contribution in [0.2, 0.25) is 0 Å². The number of hydrogen-bond acceptors (Lipinski definition) is 6. The summed E-state index contributed by atoms with van der Waals surface area (Å²) >= 11 is 0. The van der Waals surface area contributed by atoms with Gasteiger partial charge in [-0.3, -0.25) is 30.3 Å². The topological polar surface area (TPSA) is 107 Å². The number of hydroxylamine groups is 1. The van der Waals surface area contributed by atoms with E-state index in [0.29, 0.717) is 27.6 Å². The van der Waals surface area contributed by atoms with Gasteiger partial charge in [-0.05, 0) is 62.4 Å². The van der Waals surface area contributed by atoms with Crippen molar-refractivity contribution in [2.24, 2.45) is 0 Å². The molecule has 0 aliphatic rings. The number of carbonyl (C=O) groups excluding carboxylic acids is 3. The first-order chi connectivity index (χ1) is 11.8. The summed E-state index contributed by atoms with van der Waals surface area (Å²) in [6.07, 6.45) is 0. The zero-order valence-corrected chi connectivity index (χ0v) is 14.2. The number of benzene rings is 2. The lowest BCUT2D eigenvalue weighted by molar-refractivity contribution is -0.121. The molecule has 0 aliphatic carbocycles. The molecule has 0 bridgehead atoms. The van der Waals surface area contributed by atoms with E-state index in [2.05, 4.69) is 0 Å². The van der Waals surface area contributed by atoms with Gasteiger partial charge < -0.3 is 0 Å². The smallest absolute Gasteiger partial charge is 0.247 e. The van der Waals surface area contributed by atoms with E-state index in [1.165, 1.54) is 32.9 Å². The van der Waals surface area contributed by atoms with Gasteiger partial charge in [0.15, 0.2) is 11.6 Å². The molecule has 1 amide bonds. The number of amides is 1. The zero-order chi connectivity index (χ0) is 19.0. The van der Waals surface area contributed by atoms with Gasteiger partial charge in [-0.15, -0.1) is 0 Å². The molecule has 0 aliphatic heterocycles. The minimum absolute atomic E-state index is 0.0227. The predicted molar refractivity (Wildman–Crippen MR) is 93.2 cm³/mol. The Morgan fingerprint density at radius 3 is 1.52 bits per heavy atom. The Kier molecular flexibility index (Phi) is 7.45. The molecule has 2 rings (SSSR count). The molecule has 0 aromatic heterocycles. The number of Topliss-reactive ketones (excluding diaryl/α,β-unsaturated/α-hetero) is 2. The Hall–Kier alpha value is -3.03. The molecule has 0 fully saturated rings. The number of anilines is 2.